The highest BCUT2D eigenvalue weighted by atomic mass is 16.5. The molecule has 1 aliphatic rings. The summed E-state index contributed by atoms with van der Waals surface area (Å²) in [6, 6.07) is 7.57. The summed E-state index contributed by atoms with van der Waals surface area (Å²) in [6.45, 7) is 3.37. The van der Waals surface area contributed by atoms with Crippen molar-refractivity contribution in [3.8, 4) is 11.5 Å². The smallest absolute Gasteiger partial charge is 0.254 e. The first-order valence-electron chi connectivity index (χ1n) is 9.38. The molecule has 0 saturated carbocycles. The molecule has 1 amide bonds. The van der Waals surface area contributed by atoms with Crippen LogP contribution in [-0.4, -0.2) is 63.2 Å². The van der Waals surface area contributed by atoms with Crippen LogP contribution in [0, 0.1) is 0 Å². The Labute approximate surface area is 160 Å². The third kappa shape index (κ3) is 4.45. The van der Waals surface area contributed by atoms with Gasteiger partial charge in [-0.05, 0) is 50.7 Å². The normalized spacial score (nSPS) is 13.8. The van der Waals surface area contributed by atoms with Crippen LogP contribution in [0.2, 0.25) is 0 Å². The number of likely N-dealkylation sites (N-methyl/N-ethyl adjacent to an activating group) is 1. The quantitative estimate of drug-likeness (QED) is 0.677. The molecule has 3 rings (SSSR count). The Morgan fingerprint density at radius 3 is 2.74 bits per heavy atom. The second-order valence-electron chi connectivity index (χ2n) is 6.86. The van der Waals surface area contributed by atoms with Gasteiger partial charge in [-0.25, -0.2) is 0 Å². The molecule has 1 aromatic carbocycles. The lowest BCUT2D eigenvalue weighted by Crippen LogP contribution is -2.39. The zero-order valence-electron chi connectivity index (χ0n) is 16.4. The Hall–Kier alpha value is -2.47. The van der Waals surface area contributed by atoms with Crippen molar-refractivity contribution < 1.29 is 18.7 Å². The van der Waals surface area contributed by atoms with Crippen LogP contribution in [0.5, 0.6) is 11.5 Å². The number of fused-ring (bicyclic) bond motifs is 1. The maximum absolute atomic E-state index is 12.8. The summed E-state index contributed by atoms with van der Waals surface area (Å²) >= 11 is 0. The molecule has 0 bridgehead atoms. The van der Waals surface area contributed by atoms with Gasteiger partial charge in [-0.3, -0.25) is 4.79 Å². The second kappa shape index (κ2) is 8.95. The highest BCUT2D eigenvalue weighted by Crippen LogP contribution is 2.36. The number of methoxy groups -OCH3 is 2. The topological polar surface area (TPSA) is 55.2 Å². The lowest BCUT2D eigenvalue weighted by Gasteiger charge is -2.30. The molecule has 0 atom stereocenters. The molecule has 0 N–H and O–H groups in total. The lowest BCUT2D eigenvalue weighted by molar-refractivity contribution is 0.0731. The Balaban J connectivity index is 1.52. The van der Waals surface area contributed by atoms with E-state index in [1.165, 1.54) is 0 Å². The Morgan fingerprint density at radius 1 is 1.19 bits per heavy atom. The molecule has 2 heterocycles. The molecule has 1 aliphatic heterocycles. The average Bonchev–Trinajstić information content (AvgIpc) is 3.20. The standard InChI is InChI=1S/C21H28N2O4/c1-22(13-9-16-6-4-15-27-16)11-5-12-23-14-10-17-18(21(23)24)7-8-19(25-2)20(17)26-3/h4,6-8,15H,5,9-14H2,1-3H3. The van der Waals surface area contributed by atoms with Crippen molar-refractivity contribution in [2.75, 3.05) is 47.4 Å². The molecule has 0 aliphatic carbocycles. The fraction of sp³-hybridized carbons (Fsp3) is 0.476. The largest absolute Gasteiger partial charge is 0.493 e. The minimum absolute atomic E-state index is 0.0791. The van der Waals surface area contributed by atoms with Gasteiger partial charge in [0.1, 0.15) is 5.76 Å². The minimum atomic E-state index is 0.0791. The molecule has 1 aromatic heterocycles. The van der Waals surface area contributed by atoms with Crippen LogP contribution < -0.4 is 9.47 Å². The third-order valence-electron chi connectivity index (χ3n) is 5.09. The number of nitrogens with zero attached hydrogens (tertiary/aromatic N) is 2. The van der Waals surface area contributed by atoms with Gasteiger partial charge < -0.3 is 23.7 Å². The van der Waals surface area contributed by atoms with Gasteiger partial charge in [0.05, 0.1) is 20.5 Å². The summed E-state index contributed by atoms with van der Waals surface area (Å²) in [5.74, 6) is 2.45. The number of benzene rings is 1. The van der Waals surface area contributed by atoms with Gasteiger partial charge >= 0.3 is 0 Å². The summed E-state index contributed by atoms with van der Waals surface area (Å²) in [5, 5.41) is 0. The van der Waals surface area contributed by atoms with Gasteiger partial charge in [0.15, 0.2) is 11.5 Å². The summed E-state index contributed by atoms with van der Waals surface area (Å²) in [4.78, 5) is 17.1. The molecule has 6 heteroatoms. The summed E-state index contributed by atoms with van der Waals surface area (Å²) in [5.41, 5.74) is 1.68. The van der Waals surface area contributed by atoms with Gasteiger partial charge in [-0.2, -0.15) is 0 Å². The maximum atomic E-state index is 12.8. The predicted molar refractivity (Wildman–Crippen MR) is 104 cm³/mol. The van der Waals surface area contributed by atoms with Gasteiger partial charge in [0, 0.05) is 37.2 Å². The van der Waals surface area contributed by atoms with E-state index in [-0.39, 0.29) is 5.91 Å². The molecule has 0 fully saturated rings. The summed E-state index contributed by atoms with van der Waals surface area (Å²) in [7, 11) is 5.34. The zero-order chi connectivity index (χ0) is 19.2. The monoisotopic (exact) mass is 372 g/mol. The number of hydrogen-bond donors (Lipinski definition) is 0. The first-order valence-corrected chi connectivity index (χ1v) is 9.38. The van der Waals surface area contributed by atoms with Gasteiger partial charge in [-0.15, -0.1) is 0 Å². The third-order valence-corrected chi connectivity index (χ3v) is 5.09. The first-order chi connectivity index (χ1) is 13.1. The van der Waals surface area contributed by atoms with Crippen molar-refractivity contribution >= 4 is 5.91 Å². The van der Waals surface area contributed by atoms with Crippen LogP contribution in [0.25, 0.3) is 0 Å². The number of amides is 1. The molecule has 0 spiro atoms. The molecular weight excluding hydrogens is 344 g/mol. The van der Waals surface area contributed by atoms with Gasteiger partial charge in [0.2, 0.25) is 0 Å². The van der Waals surface area contributed by atoms with Crippen LogP contribution in [0.4, 0.5) is 0 Å². The van der Waals surface area contributed by atoms with Gasteiger partial charge in [-0.1, -0.05) is 0 Å². The minimum Gasteiger partial charge on any atom is -0.493 e. The van der Waals surface area contributed by atoms with E-state index >= 15 is 0 Å². The van der Waals surface area contributed by atoms with Crippen LogP contribution in [-0.2, 0) is 12.8 Å². The number of carbonyl (C=O) groups excluding carboxylic acids is 1. The van der Waals surface area contributed by atoms with E-state index < -0.39 is 0 Å². The Morgan fingerprint density at radius 2 is 2.04 bits per heavy atom. The molecule has 0 unspecified atom stereocenters. The first kappa shape index (κ1) is 19.3. The average molecular weight is 372 g/mol. The molecule has 2 aromatic rings. The molecule has 0 saturated heterocycles. The summed E-state index contributed by atoms with van der Waals surface area (Å²) < 4.78 is 16.2. The molecular formula is C21H28N2O4. The van der Waals surface area contributed by atoms with Crippen molar-refractivity contribution in [2.24, 2.45) is 0 Å². The molecule has 6 nitrogen and oxygen atoms in total. The lowest BCUT2D eigenvalue weighted by atomic mass is 9.97. The zero-order valence-corrected chi connectivity index (χ0v) is 16.4. The van der Waals surface area contributed by atoms with Gasteiger partial charge in [0.25, 0.3) is 5.91 Å². The predicted octanol–water partition coefficient (Wildman–Crippen LogP) is 2.86. The fourth-order valence-corrected chi connectivity index (χ4v) is 3.57. The van der Waals surface area contributed by atoms with Crippen LogP contribution >= 0.6 is 0 Å². The van der Waals surface area contributed by atoms with Crippen molar-refractivity contribution in [3.05, 3.63) is 47.4 Å². The van der Waals surface area contributed by atoms with E-state index in [0.29, 0.717) is 18.0 Å². The van der Waals surface area contributed by atoms with E-state index in [4.69, 9.17) is 13.9 Å². The number of ether oxygens (including phenoxy) is 2. The highest BCUT2D eigenvalue weighted by molar-refractivity contribution is 5.97. The van der Waals surface area contributed by atoms with E-state index in [1.54, 1.807) is 20.5 Å². The molecule has 27 heavy (non-hydrogen) atoms. The van der Waals surface area contributed by atoms with E-state index in [9.17, 15) is 4.79 Å². The number of rotatable bonds is 9. The summed E-state index contributed by atoms with van der Waals surface area (Å²) in [6.07, 6.45) is 4.35. The SMILES string of the molecule is COc1ccc2c(c1OC)CCN(CCCN(C)CCc1ccco1)C2=O. The van der Waals surface area contributed by atoms with Crippen LogP contribution in [0.1, 0.15) is 28.1 Å². The number of furan rings is 1. The van der Waals surface area contributed by atoms with E-state index in [0.717, 1.165) is 55.8 Å². The molecule has 0 radical (unpaired) electrons. The van der Waals surface area contributed by atoms with Crippen molar-refractivity contribution in [1.29, 1.82) is 0 Å². The van der Waals surface area contributed by atoms with Crippen LogP contribution in [0.15, 0.2) is 34.9 Å². The van der Waals surface area contributed by atoms with Crippen molar-refractivity contribution in [1.82, 2.24) is 9.80 Å². The van der Waals surface area contributed by atoms with Crippen molar-refractivity contribution in [3.63, 3.8) is 0 Å². The molecule has 146 valence electrons. The number of hydrogen-bond acceptors (Lipinski definition) is 5. The van der Waals surface area contributed by atoms with E-state index in [2.05, 4.69) is 11.9 Å². The highest BCUT2D eigenvalue weighted by Gasteiger charge is 2.28. The Bertz CT molecular complexity index is 758. The van der Waals surface area contributed by atoms with E-state index in [1.807, 2.05) is 29.2 Å². The Kier molecular flexibility index (Phi) is 6.40. The second-order valence-corrected chi connectivity index (χ2v) is 6.86. The maximum Gasteiger partial charge on any atom is 0.254 e. The van der Waals surface area contributed by atoms with Crippen molar-refractivity contribution in [2.45, 2.75) is 19.3 Å². The van der Waals surface area contributed by atoms with Crippen LogP contribution in [0.3, 0.4) is 0 Å². The fourth-order valence-electron chi connectivity index (χ4n) is 3.57. The number of carbonyl (C=O) groups is 1.